The number of rotatable bonds is 5. The van der Waals surface area contributed by atoms with Gasteiger partial charge in [-0.05, 0) is 61.7 Å². The van der Waals surface area contributed by atoms with Crippen LogP contribution < -0.4 is 11.3 Å². The normalized spacial score (nSPS) is 15.6. The fraction of sp³-hybridized carbons (Fsp3) is 0.172. The van der Waals surface area contributed by atoms with Gasteiger partial charge < -0.3 is 5.11 Å². The number of carboxylic acid groups (broad SMARTS) is 1. The molecule has 0 aliphatic carbocycles. The van der Waals surface area contributed by atoms with Crippen molar-refractivity contribution >= 4 is 32.8 Å². The van der Waals surface area contributed by atoms with E-state index < -0.39 is 33.8 Å². The van der Waals surface area contributed by atoms with Crippen molar-refractivity contribution in [3.05, 3.63) is 89.5 Å². The average Bonchev–Trinajstić information content (AvgIpc) is 2.99. The first kappa shape index (κ1) is 27.9. The summed E-state index contributed by atoms with van der Waals surface area (Å²) < 4.78 is 41.9. The number of nitrogens with zero attached hydrogens (tertiary/aromatic N) is 3. The lowest BCUT2D eigenvalue weighted by molar-refractivity contribution is -0.142. The molecule has 1 aliphatic heterocycles. The first-order valence-corrected chi connectivity index (χ1v) is 14.1. The third-order valence-electron chi connectivity index (χ3n) is 6.79. The SMILES string of the molecule is NNC(=O)c1cc(-c2ccc(C#Cc3ccc(S(=O)(=O)N4CCCC[C@@H]4C(=O)O)cc3F)cc2)nc2ccncc12. The van der Waals surface area contributed by atoms with Crippen LogP contribution in [0.2, 0.25) is 0 Å². The predicted octanol–water partition coefficient (Wildman–Crippen LogP) is 3.07. The molecule has 2 aromatic carbocycles. The fourth-order valence-electron chi connectivity index (χ4n) is 4.68. The molecule has 1 fully saturated rings. The number of hydrazine groups is 1. The number of sulfonamides is 1. The first-order chi connectivity index (χ1) is 19.7. The number of carboxylic acids is 1. The Morgan fingerprint density at radius 3 is 2.56 bits per heavy atom. The minimum Gasteiger partial charge on any atom is -0.480 e. The molecule has 12 heteroatoms. The number of benzene rings is 2. The third kappa shape index (κ3) is 5.64. The van der Waals surface area contributed by atoms with Gasteiger partial charge in [0.1, 0.15) is 11.9 Å². The summed E-state index contributed by atoms with van der Waals surface area (Å²) in [6.45, 7) is 0.0614. The van der Waals surface area contributed by atoms with Gasteiger partial charge in [0, 0.05) is 35.5 Å². The van der Waals surface area contributed by atoms with Gasteiger partial charge in [-0.1, -0.05) is 24.0 Å². The van der Waals surface area contributed by atoms with Crippen molar-refractivity contribution in [2.45, 2.75) is 30.2 Å². The Bertz CT molecular complexity index is 1830. The highest BCUT2D eigenvalue weighted by Gasteiger charge is 2.37. The lowest BCUT2D eigenvalue weighted by atomic mass is 10.0. The topological polar surface area (TPSA) is 156 Å². The van der Waals surface area contributed by atoms with Gasteiger partial charge in [0.15, 0.2) is 0 Å². The van der Waals surface area contributed by atoms with Gasteiger partial charge in [-0.3, -0.25) is 20.0 Å². The summed E-state index contributed by atoms with van der Waals surface area (Å²) in [5.41, 5.74) is 4.81. The number of piperidine rings is 1. The molecule has 4 N–H and O–H groups in total. The number of pyridine rings is 2. The number of hydrogen-bond donors (Lipinski definition) is 3. The molecule has 41 heavy (non-hydrogen) atoms. The van der Waals surface area contributed by atoms with Crippen LogP contribution in [0.3, 0.4) is 0 Å². The molecule has 0 bridgehead atoms. The summed E-state index contributed by atoms with van der Waals surface area (Å²) in [6.07, 6.45) is 4.46. The van der Waals surface area contributed by atoms with Crippen LogP contribution in [-0.4, -0.2) is 52.3 Å². The second-order valence-electron chi connectivity index (χ2n) is 9.36. The Labute approximate surface area is 235 Å². The van der Waals surface area contributed by atoms with E-state index in [9.17, 15) is 27.5 Å². The van der Waals surface area contributed by atoms with E-state index in [1.807, 2.05) is 0 Å². The van der Waals surface area contributed by atoms with Crippen LogP contribution in [-0.2, 0) is 14.8 Å². The van der Waals surface area contributed by atoms with Crippen molar-refractivity contribution in [3.63, 3.8) is 0 Å². The van der Waals surface area contributed by atoms with E-state index in [0.29, 0.717) is 46.1 Å². The first-order valence-electron chi connectivity index (χ1n) is 12.6. The zero-order valence-corrected chi connectivity index (χ0v) is 22.4. The Balaban J connectivity index is 1.39. The van der Waals surface area contributed by atoms with Gasteiger partial charge in [-0.2, -0.15) is 4.31 Å². The van der Waals surface area contributed by atoms with Crippen molar-refractivity contribution in [3.8, 4) is 23.1 Å². The van der Waals surface area contributed by atoms with Gasteiger partial charge >= 0.3 is 5.97 Å². The van der Waals surface area contributed by atoms with E-state index in [4.69, 9.17) is 5.84 Å². The van der Waals surface area contributed by atoms with Crippen molar-refractivity contribution in [2.24, 2.45) is 5.84 Å². The summed E-state index contributed by atoms with van der Waals surface area (Å²) in [4.78, 5) is 32.2. The minimum absolute atomic E-state index is 0.0105. The summed E-state index contributed by atoms with van der Waals surface area (Å²) in [6, 6.07) is 12.4. The number of carbonyl (C=O) groups excluding carboxylic acids is 1. The smallest absolute Gasteiger partial charge is 0.322 e. The molecular weight excluding hydrogens is 549 g/mol. The van der Waals surface area contributed by atoms with Gasteiger partial charge in [0.2, 0.25) is 10.0 Å². The molecule has 1 aliphatic rings. The lowest BCUT2D eigenvalue weighted by Gasteiger charge is -2.31. The Morgan fingerprint density at radius 2 is 1.85 bits per heavy atom. The summed E-state index contributed by atoms with van der Waals surface area (Å²) in [5, 5.41) is 10.00. The maximum atomic E-state index is 14.9. The van der Waals surface area contributed by atoms with Crippen LogP contribution in [0.4, 0.5) is 4.39 Å². The standard InChI is InChI=1S/C29H24FN5O5S/c30-24-15-21(41(39,40)35-14-2-1-3-27(35)29(37)38)11-10-19(24)7-4-18-5-8-20(9-6-18)26-16-22(28(36)34-31)23-17-32-13-12-25(23)33-26/h5-6,8-13,15-17,27H,1-3,14,31H2,(H,34,36)(H,37,38)/t27-/m1/s1. The van der Waals surface area contributed by atoms with Crippen LogP contribution in [0, 0.1) is 17.7 Å². The minimum atomic E-state index is -4.19. The monoisotopic (exact) mass is 573 g/mol. The molecule has 4 aromatic rings. The molecule has 2 aromatic heterocycles. The number of aliphatic carboxylic acids is 1. The van der Waals surface area contributed by atoms with E-state index in [0.717, 1.165) is 10.4 Å². The van der Waals surface area contributed by atoms with Crippen LogP contribution in [0.5, 0.6) is 0 Å². The molecule has 0 spiro atoms. The fourth-order valence-corrected chi connectivity index (χ4v) is 6.34. The molecule has 5 rings (SSSR count). The maximum absolute atomic E-state index is 14.9. The number of aromatic nitrogens is 2. The van der Waals surface area contributed by atoms with Crippen LogP contribution in [0.1, 0.15) is 40.7 Å². The van der Waals surface area contributed by atoms with Gasteiger partial charge in [-0.25, -0.2) is 23.6 Å². The zero-order chi connectivity index (χ0) is 29.1. The number of carbonyl (C=O) groups is 2. The molecule has 208 valence electrons. The Morgan fingerprint density at radius 1 is 1.07 bits per heavy atom. The molecule has 1 saturated heterocycles. The Kier molecular flexibility index (Phi) is 7.76. The van der Waals surface area contributed by atoms with E-state index in [1.165, 1.54) is 18.3 Å². The number of fused-ring (bicyclic) bond motifs is 1. The van der Waals surface area contributed by atoms with Crippen molar-refractivity contribution in [2.75, 3.05) is 6.54 Å². The van der Waals surface area contributed by atoms with Crippen LogP contribution in [0.25, 0.3) is 22.2 Å². The lowest BCUT2D eigenvalue weighted by Crippen LogP contribution is -2.47. The highest BCUT2D eigenvalue weighted by Crippen LogP contribution is 2.27. The van der Waals surface area contributed by atoms with E-state index in [1.54, 1.807) is 42.6 Å². The van der Waals surface area contributed by atoms with Gasteiger partial charge in [0.25, 0.3) is 5.91 Å². The van der Waals surface area contributed by atoms with Gasteiger partial charge in [0.05, 0.1) is 27.2 Å². The molecule has 3 heterocycles. The number of nitrogens with one attached hydrogen (secondary N) is 1. The maximum Gasteiger partial charge on any atom is 0.322 e. The second-order valence-corrected chi connectivity index (χ2v) is 11.2. The molecule has 1 atom stereocenters. The largest absolute Gasteiger partial charge is 0.480 e. The van der Waals surface area contributed by atoms with Crippen molar-refractivity contribution in [1.29, 1.82) is 0 Å². The average molecular weight is 574 g/mol. The zero-order valence-electron chi connectivity index (χ0n) is 21.5. The van der Waals surface area contributed by atoms with Crippen molar-refractivity contribution in [1.82, 2.24) is 19.7 Å². The molecule has 0 unspecified atom stereocenters. The summed E-state index contributed by atoms with van der Waals surface area (Å²) in [5.74, 6) is 8.37. The molecule has 0 saturated carbocycles. The molecule has 0 radical (unpaired) electrons. The molecule has 10 nitrogen and oxygen atoms in total. The van der Waals surface area contributed by atoms with E-state index >= 15 is 0 Å². The van der Waals surface area contributed by atoms with Crippen LogP contribution in [0.15, 0.2) is 71.9 Å². The third-order valence-corrected chi connectivity index (χ3v) is 8.70. The second kappa shape index (κ2) is 11.4. The number of hydrogen-bond acceptors (Lipinski definition) is 7. The predicted molar refractivity (Wildman–Crippen MR) is 148 cm³/mol. The number of amides is 1. The number of halogens is 1. The highest BCUT2D eigenvalue weighted by molar-refractivity contribution is 7.89. The van der Waals surface area contributed by atoms with Crippen LogP contribution >= 0.6 is 0 Å². The summed E-state index contributed by atoms with van der Waals surface area (Å²) >= 11 is 0. The number of nitrogen functional groups attached to an aromatic ring is 1. The molecular formula is C29H24FN5O5S. The van der Waals surface area contributed by atoms with Crippen molar-refractivity contribution < 1.29 is 27.5 Å². The summed E-state index contributed by atoms with van der Waals surface area (Å²) in [7, 11) is -4.19. The quantitative estimate of drug-likeness (QED) is 0.142. The Hall–Kier alpha value is -4.70. The molecule has 1 amide bonds. The van der Waals surface area contributed by atoms with Gasteiger partial charge in [-0.15, -0.1) is 0 Å². The van der Waals surface area contributed by atoms with E-state index in [2.05, 4.69) is 27.2 Å². The number of nitrogens with two attached hydrogens (primary N) is 1. The highest BCUT2D eigenvalue weighted by atomic mass is 32.2. The van der Waals surface area contributed by atoms with E-state index in [-0.39, 0.29) is 23.4 Å².